The van der Waals surface area contributed by atoms with Crippen LogP contribution in [0.2, 0.25) is 0 Å². The highest BCUT2D eigenvalue weighted by Crippen LogP contribution is 2.26. The van der Waals surface area contributed by atoms with E-state index in [1.807, 2.05) is 20.8 Å². The second-order valence-corrected chi connectivity index (χ2v) is 3.83. The van der Waals surface area contributed by atoms with Crippen molar-refractivity contribution in [3.05, 3.63) is 0 Å². The van der Waals surface area contributed by atoms with Gasteiger partial charge in [-0.25, -0.2) is 0 Å². The Balaban J connectivity index is 4.55. The summed E-state index contributed by atoms with van der Waals surface area (Å²) in [5.41, 5.74) is 5.12. The average molecular weight is 214 g/mol. The molecule has 0 heterocycles. The quantitative estimate of drug-likeness (QED) is 0.617. The zero-order valence-corrected chi connectivity index (χ0v) is 9.88. The Bertz CT molecular complexity index is 213. The van der Waals surface area contributed by atoms with E-state index < -0.39 is 11.5 Å². The lowest BCUT2D eigenvalue weighted by atomic mass is 9.77. The van der Waals surface area contributed by atoms with E-state index in [4.69, 9.17) is 5.73 Å². The molecule has 4 nitrogen and oxygen atoms in total. The Labute approximate surface area is 91.6 Å². The molecule has 0 aromatic carbocycles. The van der Waals surface area contributed by atoms with E-state index in [0.29, 0.717) is 19.4 Å². The summed E-state index contributed by atoms with van der Waals surface area (Å²) < 4.78 is 0. The minimum absolute atomic E-state index is 0.229. The third-order valence-electron chi connectivity index (χ3n) is 3.00. The van der Waals surface area contributed by atoms with Crippen molar-refractivity contribution in [2.45, 2.75) is 46.1 Å². The summed E-state index contributed by atoms with van der Waals surface area (Å²) in [4.78, 5) is 22.7. The molecule has 15 heavy (non-hydrogen) atoms. The molecule has 0 radical (unpaired) electrons. The van der Waals surface area contributed by atoms with E-state index in [-0.39, 0.29) is 5.91 Å². The molecule has 0 bridgehead atoms. The van der Waals surface area contributed by atoms with Crippen LogP contribution in [-0.2, 0) is 9.59 Å². The topological polar surface area (TPSA) is 72.2 Å². The van der Waals surface area contributed by atoms with Crippen LogP contribution in [0.25, 0.3) is 0 Å². The lowest BCUT2D eigenvalue weighted by Crippen LogP contribution is -2.52. The van der Waals surface area contributed by atoms with Gasteiger partial charge in [0.05, 0.1) is 6.04 Å². The molecule has 1 unspecified atom stereocenters. The van der Waals surface area contributed by atoms with E-state index in [1.165, 1.54) is 0 Å². The minimum Gasteiger partial charge on any atom is -0.355 e. The number of nitrogens with one attached hydrogen (secondary N) is 1. The standard InChI is InChI=1S/C11H22N2O2/c1-4-7-13-10(15)9(12)11(5-2,6-3)8-14/h8-9H,4-7,12H2,1-3H3,(H,13,15). The zero-order chi connectivity index (χ0) is 11.9. The number of aldehydes is 1. The Morgan fingerprint density at radius 1 is 1.40 bits per heavy atom. The van der Waals surface area contributed by atoms with Crippen molar-refractivity contribution in [2.24, 2.45) is 11.1 Å². The monoisotopic (exact) mass is 214 g/mol. The van der Waals surface area contributed by atoms with E-state index in [1.54, 1.807) is 0 Å². The Kier molecular flexibility index (Phi) is 6.17. The first-order valence-electron chi connectivity index (χ1n) is 5.57. The summed E-state index contributed by atoms with van der Waals surface area (Å²) in [6.07, 6.45) is 2.87. The lowest BCUT2D eigenvalue weighted by molar-refractivity contribution is -0.130. The fourth-order valence-corrected chi connectivity index (χ4v) is 1.55. The number of carbonyl (C=O) groups is 2. The van der Waals surface area contributed by atoms with Gasteiger partial charge in [0.2, 0.25) is 5.91 Å². The number of hydrogen-bond donors (Lipinski definition) is 2. The SMILES string of the molecule is CCCNC(=O)C(N)C(C=O)(CC)CC. The number of amides is 1. The van der Waals surface area contributed by atoms with Crippen molar-refractivity contribution in [1.29, 1.82) is 0 Å². The van der Waals surface area contributed by atoms with Crippen LogP contribution in [0.3, 0.4) is 0 Å². The normalized spacial score (nSPS) is 13.3. The van der Waals surface area contributed by atoms with E-state index in [9.17, 15) is 9.59 Å². The van der Waals surface area contributed by atoms with Gasteiger partial charge in [-0.2, -0.15) is 0 Å². The van der Waals surface area contributed by atoms with Crippen LogP contribution in [0.1, 0.15) is 40.0 Å². The first-order chi connectivity index (χ1) is 7.07. The number of hydrogen-bond acceptors (Lipinski definition) is 3. The van der Waals surface area contributed by atoms with Crippen LogP contribution in [0.4, 0.5) is 0 Å². The van der Waals surface area contributed by atoms with Gasteiger partial charge in [0.1, 0.15) is 6.29 Å². The first kappa shape index (κ1) is 14.1. The minimum atomic E-state index is -0.739. The fraction of sp³-hybridized carbons (Fsp3) is 0.818. The summed E-state index contributed by atoms with van der Waals surface area (Å²) in [6.45, 7) is 6.34. The summed E-state index contributed by atoms with van der Waals surface area (Å²) in [5.74, 6) is -0.229. The summed E-state index contributed by atoms with van der Waals surface area (Å²) in [6, 6.07) is -0.739. The number of carbonyl (C=O) groups excluding carboxylic acids is 2. The van der Waals surface area contributed by atoms with Gasteiger partial charge >= 0.3 is 0 Å². The second-order valence-electron chi connectivity index (χ2n) is 3.83. The van der Waals surface area contributed by atoms with Gasteiger partial charge in [-0.15, -0.1) is 0 Å². The molecule has 3 N–H and O–H groups in total. The third-order valence-corrected chi connectivity index (χ3v) is 3.00. The molecule has 4 heteroatoms. The highest BCUT2D eigenvalue weighted by molar-refractivity contribution is 5.86. The van der Waals surface area contributed by atoms with Gasteiger partial charge in [0.25, 0.3) is 0 Å². The summed E-state index contributed by atoms with van der Waals surface area (Å²) in [5, 5.41) is 2.72. The number of nitrogens with two attached hydrogens (primary N) is 1. The van der Waals surface area contributed by atoms with Crippen molar-refractivity contribution in [1.82, 2.24) is 5.32 Å². The van der Waals surface area contributed by atoms with Gasteiger partial charge in [-0.05, 0) is 19.3 Å². The zero-order valence-electron chi connectivity index (χ0n) is 9.88. The van der Waals surface area contributed by atoms with Gasteiger partial charge in [-0.3, -0.25) is 4.79 Å². The Hall–Kier alpha value is -0.900. The van der Waals surface area contributed by atoms with Gasteiger partial charge in [-0.1, -0.05) is 20.8 Å². The van der Waals surface area contributed by atoms with Crippen LogP contribution < -0.4 is 11.1 Å². The van der Waals surface area contributed by atoms with Crippen molar-refractivity contribution in [2.75, 3.05) is 6.54 Å². The molecule has 1 atom stereocenters. The summed E-state index contributed by atoms with van der Waals surface area (Å²) in [7, 11) is 0. The maximum absolute atomic E-state index is 11.6. The van der Waals surface area contributed by atoms with E-state index in [2.05, 4.69) is 5.32 Å². The van der Waals surface area contributed by atoms with Crippen molar-refractivity contribution < 1.29 is 9.59 Å². The molecular weight excluding hydrogens is 192 g/mol. The van der Waals surface area contributed by atoms with Gasteiger partial charge in [0, 0.05) is 12.0 Å². The van der Waals surface area contributed by atoms with Gasteiger partial charge < -0.3 is 15.8 Å². The van der Waals surface area contributed by atoms with E-state index in [0.717, 1.165) is 12.7 Å². The molecule has 0 aromatic heterocycles. The lowest BCUT2D eigenvalue weighted by Gasteiger charge is -2.30. The average Bonchev–Trinajstić information content (AvgIpc) is 2.28. The van der Waals surface area contributed by atoms with Crippen LogP contribution >= 0.6 is 0 Å². The molecule has 0 aliphatic carbocycles. The largest absolute Gasteiger partial charge is 0.355 e. The molecule has 0 aliphatic rings. The van der Waals surface area contributed by atoms with Crippen molar-refractivity contribution in [3.8, 4) is 0 Å². The highest BCUT2D eigenvalue weighted by Gasteiger charge is 2.37. The van der Waals surface area contributed by atoms with Crippen LogP contribution in [0.15, 0.2) is 0 Å². The molecule has 0 aliphatic heterocycles. The van der Waals surface area contributed by atoms with Crippen molar-refractivity contribution >= 4 is 12.2 Å². The van der Waals surface area contributed by atoms with E-state index >= 15 is 0 Å². The predicted molar refractivity (Wildman–Crippen MR) is 60.4 cm³/mol. The molecular formula is C11H22N2O2. The van der Waals surface area contributed by atoms with Crippen LogP contribution in [0.5, 0.6) is 0 Å². The molecule has 0 spiro atoms. The molecule has 0 rings (SSSR count). The molecule has 0 aromatic rings. The third kappa shape index (κ3) is 3.30. The van der Waals surface area contributed by atoms with Crippen molar-refractivity contribution in [3.63, 3.8) is 0 Å². The maximum Gasteiger partial charge on any atom is 0.237 e. The molecule has 0 fully saturated rings. The van der Waals surface area contributed by atoms with Crippen LogP contribution in [0, 0.1) is 5.41 Å². The Morgan fingerprint density at radius 3 is 2.27 bits per heavy atom. The molecule has 0 saturated carbocycles. The van der Waals surface area contributed by atoms with Gasteiger partial charge in [0.15, 0.2) is 0 Å². The number of rotatable bonds is 7. The second kappa shape index (κ2) is 6.56. The fourth-order valence-electron chi connectivity index (χ4n) is 1.55. The Morgan fingerprint density at radius 2 is 1.93 bits per heavy atom. The first-order valence-corrected chi connectivity index (χ1v) is 5.57. The summed E-state index contributed by atoms with van der Waals surface area (Å²) >= 11 is 0. The smallest absolute Gasteiger partial charge is 0.237 e. The molecule has 0 saturated heterocycles. The molecule has 1 amide bonds. The predicted octanol–water partition coefficient (Wildman–Crippen LogP) is 0.845. The van der Waals surface area contributed by atoms with Crippen LogP contribution in [-0.4, -0.2) is 24.8 Å². The maximum atomic E-state index is 11.6. The molecule has 88 valence electrons. The highest BCUT2D eigenvalue weighted by atomic mass is 16.2.